The van der Waals surface area contributed by atoms with E-state index >= 15 is 0 Å². The molecule has 1 amide bonds. The van der Waals surface area contributed by atoms with Crippen LogP contribution in [0.15, 0.2) is 12.2 Å². The van der Waals surface area contributed by atoms with Crippen LogP contribution in [0.4, 0.5) is 0 Å². The van der Waals surface area contributed by atoms with Gasteiger partial charge in [-0.15, -0.1) is 0 Å². The van der Waals surface area contributed by atoms with Crippen molar-refractivity contribution in [3.63, 3.8) is 0 Å². The molecule has 0 fully saturated rings. The number of nitrogens with one attached hydrogen (secondary N) is 1. The molecule has 0 radical (unpaired) electrons. The minimum atomic E-state index is 0.134. The van der Waals surface area contributed by atoms with Crippen LogP contribution in [0.1, 0.15) is 129 Å². The van der Waals surface area contributed by atoms with Crippen LogP contribution in [0.25, 0.3) is 0 Å². The van der Waals surface area contributed by atoms with Crippen molar-refractivity contribution in [2.45, 2.75) is 129 Å². The van der Waals surface area contributed by atoms with Gasteiger partial charge in [-0.2, -0.15) is 0 Å². The van der Waals surface area contributed by atoms with E-state index in [1.54, 1.807) is 0 Å². The Labute approximate surface area is 175 Å². The van der Waals surface area contributed by atoms with E-state index in [2.05, 4.69) is 24.4 Å². The van der Waals surface area contributed by atoms with Gasteiger partial charge in [0.05, 0.1) is 0 Å². The number of allylic oxidation sites excluding steroid dienone is 2. The van der Waals surface area contributed by atoms with Gasteiger partial charge in [-0.1, -0.05) is 96.1 Å². The molecule has 0 saturated carbocycles. The van der Waals surface area contributed by atoms with Crippen molar-refractivity contribution in [1.82, 2.24) is 5.32 Å². The molecule has 0 aromatic carbocycles. The van der Waals surface area contributed by atoms with E-state index in [0.717, 1.165) is 12.8 Å². The van der Waals surface area contributed by atoms with Gasteiger partial charge in [-0.05, 0) is 38.5 Å². The Bertz CT molecular complexity index is 341. The fraction of sp³-hybridized carbons (Fsp3) is 0.880. The molecule has 0 saturated heterocycles. The first-order chi connectivity index (χ1) is 13.8. The summed E-state index contributed by atoms with van der Waals surface area (Å²) in [7, 11) is 0. The van der Waals surface area contributed by atoms with E-state index in [9.17, 15) is 4.79 Å². The average molecular weight is 396 g/mol. The Hall–Kier alpha value is -0.830. The van der Waals surface area contributed by atoms with Crippen LogP contribution in [-0.4, -0.2) is 24.2 Å². The highest BCUT2D eigenvalue weighted by molar-refractivity contribution is 5.75. The normalized spacial score (nSPS) is 11.4. The van der Waals surface area contributed by atoms with Crippen molar-refractivity contribution in [3.8, 4) is 0 Å². The highest BCUT2D eigenvalue weighted by atomic mass is 16.3. The van der Waals surface area contributed by atoms with E-state index in [0.29, 0.717) is 19.4 Å². The fourth-order valence-corrected chi connectivity index (χ4v) is 3.46. The first-order valence-corrected chi connectivity index (χ1v) is 12.3. The summed E-state index contributed by atoms with van der Waals surface area (Å²) in [5, 5.41) is 11.5. The topological polar surface area (TPSA) is 49.3 Å². The van der Waals surface area contributed by atoms with Crippen molar-refractivity contribution >= 4 is 5.91 Å². The minimum absolute atomic E-state index is 0.134. The molecule has 2 N–H and O–H groups in total. The van der Waals surface area contributed by atoms with Crippen LogP contribution < -0.4 is 5.32 Å². The zero-order chi connectivity index (χ0) is 20.5. The molecule has 3 nitrogen and oxygen atoms in total. The van der Waals surface area contributed by atoms with Gasteiger partial charge in [0.15, 0.2) is 0 Å². The molecule has 0 heterocycles. The standard InChI is InChI=1S/C25H49NO2/c1-2-3-4-5-6-7-8-9-10-11-12-13-14-15-16-17-18-19-20-22-25(28)26-23-21-24-27/h9-10,27H,2-8,11-24H2,1H3,(H,26,28). The van der Waals surface area contributed by atoms with Gasteiger partial charge < -0.3 is 10.4 Å². The summed E-state index contributed by atoms with van der Waals surface area (Å²) in [6.07, 6.45) is 28.5. The van der Waals surface area contributed by atoms with Crippen molar-refractivity contribution in [3.05, 3.63) is 12.2 Å². The second-order valence-electron chi connectivity index (χ2n) is 8.18. The Morgan fingerprint density at radius 3 is 1.64 bits per heavy atom. The van der Waals surface area contributed by atoms with Gasteiger partial charge >= 0.3 is 0 Å². The molecule has 0 rings (SSSR count). The number of amides is 1. The summed E-state index contributed by atoms with van der Waals surface area (Å²) in [5.74, 6) is 0.134. The molecular weight excluding hydrogens is 346 g/mol. The molecule has 28 heavy (non-hydrogen) atoms. The SMILES string of the molecule is CCCCCCCCC=CCCCCCCCCCCCC(=O)NCCCO. The van der Waals surface area contributed by atoms with Crippen molar-refractivity contribution in [2.75, 3.05) is 13.2 Å². The van der Waals surface area contributed by atoms with Gasteiger partial charge in [0.25, 0.3) is 0 Å². The summed E-state index contributed by atoms with van der Waals surface area (Å²) in [4.78, 5) is 11.5. The first kappa shape index (κ1) is 27.2. The smallest absolute Gasteiger partial charge is 0.219 e. The molecule has 0 aromatic rings. The Balaban J connectivity index is 3.13. The zero-order valence-corrected chi connectivity index (χ0v) is 18.9. The molecule has 0 unspecified atom stereocenters. The lowest BCUT2D eigenvalue weighted by Gasteiger charge is -2.04. The summed E-state index contributed by atoms with van der Waals surface area (Å²) < 4.78 is 0. The fourth-order valence-electron chi connectivity index (χ4n) is 3.46. The summed E-state index contributed by atoms with van der Waals surface area (Å²) >= 11 is 0. The number of hydrogen-bond acceptors (Lipinski definition) is 2. The number of unbranched alkanes of at least 4 members (excludes halogenated alkanes) is 15. The summed E-state index contributed by atoms with van der Waals surface area (Å²) in [6.45, 7) is 3.03. The molecule has 166 valence electrons. The molecule has 3 heteroatoms. The van der Waals surface area contributed by atoms with Gasteiger partial charge in [0.2, 0.25) is 5.91 Å². The molecule has 0 aliphatic rings. The lowest BCUT2D eigenvalue weighted by molar-refractivity contribution is -0.121. The lowest BCUT2D eigenvalue weighted by Crippen LogP contribution is -2.24. The Kier molecular flexibility index (Phi) is 23.5. The van der Waals surface area contributed by atoms with Crippen molar-refractivity contribution < 1.29 is 9.90 Å². The largest absolute Gasteiger partial charge is 0.396 e. The minimum Gasteiger partial charge on any atom is -0.396 e. The van der Waals surface area contributed by atoms with Crippen molar-refractivity contribution in [1.29, 1.82) is 0 Å². The molecular formula is C25H49NO2. The van der Waals surface area contributed by atoms with E-state index in [4.69, 9.17) is 5.11 Å². The van der Waals surface area contributed by atoms with E-state index < -0.39 is 0 Å². The van der Waals surface area contributed by atoms with Gasteiger partial charge in [-0.3, -0.25) is 4.79 Å². The molecule has 0 atom stereocenters. The predicted octanol–water partition coefficient (Wildman–Crippen LogP) is 7.08. The predicted molar refractivity (Wildman–Crippen MR) is 123 cm³/mol. The number of hydrogen-bond donors (Lipinski definition) is 2. The molecule has 0 aromatic heterocycles. The second kappa shape index (κ2) is 24.2. The van der Waals surface area contributed by atoms with Crippen LogP contribution >= 0.6 is 0 Å². The summed E-state index contributed by atoms with van der Waals surface area (Å²) in [5.41, 5.74) is 0. The van der Waals surface area contributed by atoms with E-state index in [-0.39, 0.29) is 12.5 Å². The number of aliphatic hydroxyl groups is 1. The summed E-state index contributed by atoms with van der Waals surface area (Å²) in [6, 6.07) is 0. The molecule has 0 aliphatic heterocycles. The maximum Gasteiger partial charge on any atom is 0.219 e. The van der Waals surface area contributed by atoms with Crippen LogP contribution in [-0.2, 0) is 4.79 Å². The number of aliphatic hydroxyl groups excluding tert-OH is 1. The van der Waals surface area contributed by atoms with Crippen molar-refractivity contribution in [2.24, 2.45) is 0 Å². The number of rotatable bonds is 22. The van der Waals surface area contributed by atoms with Crippen LogP contribution in [0.2, 0.25) is 0 Å². The highest BCUT2D eigenvalue weighted by Crippen LogP contribution is 2.12. The Morgan fingerprint density at radius 1 is 0.679 bits per heavy atom. The van der Waals surface area contributed by atoms with Gasteiger partial charge in [-0.25, -0.2) is 0 Å². The van der Waals surface area contributed by atoms with Crippen LogP contribution in [0.3, 0.4) is 0 Å². The van der Waals surface area contributed by atoms with Crippen LogP contribution in [0, 0.1) is 0 Å². The third kappa shape index (κ3) is 23.2. The molecule has 0 bridgehead atoms. The first-order valence-electron chi connectivity index (χ1n) is 12.3. The van der Waals surface area contributed by atoms with E-state index in [1.165, 1.54) is 96.3 Å². The van der Waals surface area contributed by atoms with Gasteiger partial charge in [0, 0.05) is 19.6 Å². The number of carbonyl (C=O) groups excluding carboxylic acids is 1. The molecule has 0 spiro atoms. The van der Waals surface area contributed by atoms with Crippen LogP contribution in [0.5, 0.6) is 0 Å². The average Bonchev–Trinajstić information content (AvgIpc) is 2.70. The van der Waals surface area contributed by atoms with Gasteiger partial charge in [0.1, 0.15) is 0 Å². The highest BCUT2D eigenvalue weighted by Gasteiger charge is 2.00. The molecule has 0 aliphatic carbocycles. The van der Waals surface area contributed by atoms with E-state index in [1.807, 2.05) is 0 Å². The maximum atomic E-state index is 11.5. The monoisotopic (exact) mass is 395 g/mol. The zero-order valence-electron chi connectivity index (χ0n) is 18.9. The Morgan fingerprint density at radius 2 is 1.14 bits per heavy atom. The third-order valence-electron chi connectivity index (χ3n) is 5.32. The number of carbonyl (C=O) groups is 1. The quantitative estimate of drug-likeness (QED) is 0.152. The lowest BCUT2D eigenvalue weighted by atomic mass is 10.1. The second-order valence-corrected chi connectivity index (χ2v) is 8.18. The maximum absolute atomic E-state index is 11.5. The third-order valence-corrected chi connectivity index (χ3v) is 5.32.